The maximum Gasteiger partial charge on any atom is 0.340 e. The zero-order chi connectivity index (χ0) is 21.7. The molecule has 1 atom stereocenters. The van der Waals surface area contributed by atoms with E-state index < -0.39 is 0 Å². The Morgan fingerprint density at radius 2 is 1.83 bits per heavy atom. The number of hydrogen-bond acceptors (Lipinski definition) is 5. The largest absolute Gasteiger partial charge is 0.493 e. The molecule has 1 N–H and O–H groups in total. The lowest BCUT2D eigenvalue weighted by molar-refractivity contribution is -0.908. The molecule has 0 fully saturated rings. The Morgan fingerprint density at radius 1 is 1.07 bits per heavy atom. The number of pyridine rings is 1. The van der Waals surface area contributed by atoms with Gasteiger partial charge in [-0.05, 0) is 43.7 Å². The van der Waals surface area contributed by atoms with Gasteiger partial charge in [-0.2, -0.15) is 0 Å². The first-order valence-corrected chi connectivity index (χ1v) is 10.1. The number of hydrogen-bond donors (Lipinski definition) is 1. The third-order valence-corrected chi connectivity index (χ3v) is 5.12. The van der Waals surface area contributed by atoms with Gasteiger partial charge in [0.25, 0.3) is 0 Å². The van der Waals surface area contributed by atoms with Crippen LogP contribution in [-0.4, -0.2) is 38.8 Å². The number of nitrogens with zero attached hydrogens (tertiary/aromatic N) is 1. The maximum atomic E-state index is 12.5. The number of carbonyl (C=O) groups excluding carboxylic acids is 1. The van der Waals surface area contributed by atoms with Crippen LogP contribution in [0.2, 0.25) is 0 Å². The summed E-state index contributed by atoms with van der Waals surface area (Å²) >= 11 is 0. The minimum Gasteiger partial charge on any atom is -0.493 e. The van der Waals surface area contributed by atoms with Gasteiger partial charge in [0.15, 0.2) is 11.5 Å². The minimum absolute atomic E-state index is 0.351. The van der Waals surface area contributed by atoms with E-state index in [-0.39, 0.29) is 5.97 Å². The van der Waals surface area contributed by atoms with Crippen molar-refractivity contribution in [3.05, 3.63) is 64.8 Å². The number of esters is 1. The first-order valence-electron chi connectivity index (χ1n) is 10.1. The molecule has 0 spiro atoms. The number of carbonyl (C=O) groups is 1. The van der Waals surface area contributed by atoms with Crippen molar-refractivity contribution < 1.29 is 23.9 Å². The highest BCUT2D eigenvalue weighted by molar-refractivity contribution is 5.98. The number of aromatic nitrogens is 1. The van der Waals surface area contributed by atoms with Crippen LogP contribution in [0.4, 0.5) is 0 Å². The van der Waals surface area contributed by atoms with Crippen molar-refractivity contribution >= 4 is 16.9 Å². The molecule has 0 aliphatic rings. The van der Waals surface area contributed by atoms with Gasteiger partial charge in [-0.15, -0.1) is 0 Å². The summed E-state index contributed by atoms with van der Waals surface area (Å²) in [7, 11) is 5.13. The van der Waals surface area contributed by atoms with E-state index in [0.29, 0.717) is 18.7 Å². The molecule has 0 saturated heterocycles. The van der Waals surface area contributed by atoms with Crippen molar-refractivity contribution in [2.24, 2.45) is 0 Å². The molecule has 1 heterocycles. The normalized spacial score (nSPS) is 11.9. The van der Waals surface area contributed by atoms with E-state index in [4.69, 9.17) is 19.2 Å². The Balaban J connectivity index is 1.89. The van der Waals surface area contributed by atoms with Crippen LogP contribution < -0.4 is 14.4 Å². The standard InChI is InChI=1S/C24H28N2O4/c1-6-30-21-12-11-17(13-22(21)28-4)14-26(3)15-20-23(24(27)29-5)16(2)18-9-7-8-10-19(18)25-20/h7-13H,6,14-15H2,1-5H3/p+1. The van der Waals surface area contributed by atoms with Crippen LogP contribution in [0.1, 0.15) is 34.1 Å². The van der Waals surface area contributed by atoms with E-state index in [1.54, 1.807) is 7.11 Å². The fourth-order valence-electron chi connectivity index (χ4n) is 3.74. The van der Waals surface area contributed by atoms with Crippen molar-refractivity contribution in [3.63, 3.8) is 0 Å². The van der Waals surface area contributed by atoms with Crippen molar-refractivity contribution in [3.8, 4) is 11.5 Å². The predicted octanol–water partition coefficient (Wildman–Crippen LogP) is 2.95. The van der Waals surface area contributed by atoms with E-state index in [1.807, 2.05) is 56.3 Å². The summed E-state index contributed by atoms with van der Waals surface area (Å²) in [6, 6.07) is 13.8. The molecule has 3 aromatic rings. The molecule has 30 heavy (non-hydrogen) atoms. The number of aryl methyl sites for hydroxylation is 1. The smallest absolute Gasteiger partial charge is 0.340 e. The highest BCUT2D eigenvalue weighted by Gasteiger charge is 2.22. The number of quaternary nitrogens is 1. The fourth-order valence-corrected chi connectivity index (χ4v) is 3.74. The molecule has 2 aromatic carbocycles. The summed E-state index contributed by atoms with van der Waals surface area (Å²) < 4.78 is 16.1. The van der Waals surface area contributed by atoms with Crippen molar-refractivity contribution in [1.82, 2.24) is 4.98 Å². The molecule has 0 radical (unpaired) electrons. The van der Waals surface area contributed by atoms with E-state index >= 15 is 0 Å². The average molecular weight is 410 g/mol. The lowest BCUT2D eigenvalue weighted by Crippen LogP contribution is -3.06. The highest BCUT2D eigenvalue weighted by atomic mass is 16.5. The van der Waals surface area contributed by atoms with Gasteiger partial charge in [0.1, 0.15) is 18.8 Å². The van der Waals surface area contributed by atoms with Crippen LogP contribution in [0.3, 0.4) is 0 Å². The molecule has 6 nitrogen and oxygen atoms in total. The molecule has 0 aliphatic carbocycles. The minimum atomic E-state index is -0.351. The number of para-hydroxylation sites is 1. The Kier molecular flexibility index (Phi) is 6.90. The molecule has 0 saturated carbocycles. The summed E-state index contributed by atoms with van der Waals surface area (Å²) in [5, 5.41) is 0.968. The van der Waals surface area contributed by atoms with Crippen LogP contribution in [-0.2, 0) is 17.8 Å². The zero-order valence-corrected chi connectivity index (χ0v) is 18.2. The van der Waals surface area contributed by atoms with Gasteiger partial charge in [-0.3, -0.25) is 0 Å². The molecule has 6 heteroatoms. The lowest BCUT2D eigenvalue weighted by atomic mass is 10.0. The van der Waals surface area contributed by atoms with Gasteiger partial charge in [-0.1, -0.05) is 18.2 Å². The molecular formula is C24H29N2O4+. The SMILES string of the molecule is CCOc1ccc(C[NH+](C)Cc2nc3ccccc3c(C)c2C(=O)OC)cc1OC. The van der Waals surface area contributed by atoms with Gasteiger partial charge < -0.3 is 19.1 Å². The summed E-state index contributed by atoms with van der Waals surface area (Å²) in [4.78, 5) is 18.5. The van der Waals surface area contributed by atoms with Gasteiger partial charge >= 0.3 is 5.97 Å². The summed E-state index contributed by atoms with van der Waals surface area (Å²) in [6.45, 7) is 5.82. The van der Waals surface area contributed by atoms with Crippen LogP contribution in [0.25, 0.3) is 10.9 Å². The van der Waals surface area contributed by atoms with Gasteiger partial charge in [0.05, 0.1) is 39.0 Å². The van der Waals surface area contributed by atoms with Crippen LogP contribution in [0, 0.1) is 6.92 Å². The topological polar surface area (TPSA) is 62.1 Å². The molecule has 0 aliphatic heterocycles. The summed E-state index contributed by atoms with van der Waals surface area (Å²) in [5.41, 5.74) is 4.20. The number of methoxy groups -OCH3 is 2. The molecule has 0 amide bonds. The summed E-state index contributed by atoms with van der Waals surface area (Å²) in [5.74, 6) is 1.11. The highest BCUT2D eigenvalue weighted by Crippen LogP contribution is 2.28. The quantitative estimate of drug-likeness (QED) is 0.580. The van der Waals surface area contributed by atoms with E-state index in [0.717, 1.165) is 45.8 Å². The molecule has 158 valence electrons. The van der Waals surface area contributed by atoms with Crippen LogP contribution in [0.15, 0.2) is 42.5 Å². The first-order chi connectivity index (χ1) is 14.5. The lowest BCUT2D eigenvalue weighted by Gasteiger charge is -2.18. The third-order valence-electron chi connectivity index (χ3n) is 5.12. The monoisotopic (exact) mass is 409 g/mol. The zero-order valence-electron chi connectivity index (χ0n) is 18.2. The average Bonchev–Trinajstić information content (AvgIpc) is 2.74. The molecule has 0 bridgehead atoms. The van der Waals surface area contributed by atoms with Crippen molar-refractivity contribution in [2.75, 3.05) is 27.9 Å². The molecule has 1 unspecified atom stereocenters. The maximum absolute atomic E-state index is 12.5. The van der Waals surface area contributed by atoms with Crippen LogP contribution >= 0.6 is 0 Å². The summed E-state index contributed by atoms with van der Waals surface area (Å²) in [6.07, 6.45) is 0. The second-order valence-electron chi connectivity index (χ2n) is 7.30. The Labute approximate surface area is 177 Å². The fraction of sp³-hybridized carbons (Fsp3) is 0.333. The van der Waals surface area contributed by atoms with Gasteiger partial charge in [0, 0.05) is 10.9 Å². The number of fused-ring (bicyclic) bond motifs is 1. The Morgan fingerprint density at radius 3 is 2.53 bits per heavy atom. The van der Waals surface area contributed by atoms with E-state index in [2.05, 4.69) is 7.05 Å². The second-order valence-corrected chi connectivity index (χ2v) is 7.30. The molecule has 1 aromatic heterocycles. The number of rotatable bonds is 8. The predicted molar refractivity (Wildman–Crippen MR) is 116 cm³/mol. The molecule has 3 rings (SSSR count). The van der Waals surface area contributed by atoms with E-state index in [1.165, 1.54) is 12.0 Å². The van der Waals surface area contributed by atoms with E-state index in [9.17, 15) is 4.79 Å². The Bertz CT molecular complexity index is 1050. The third kappa shape index (κ3) is 4.54. The van der Waals surface area contributed by atoms with Crippen molar-refractivity contribution in [2.45, 2.75) is 26.9 Å². The van der Waals surface area contributed by atoms with Gasteiger partial charge in [-0.25, -0.2) is 9.78 Å². The van der Waals surface area contributed by atoms with Crippen LogP contribution in [0.5, 0.6) is 11.5 Å². The number of benzene rings is 2. The second kappa shape index (κ2) is 9.59. The first kappa shape index (κ1) is 21.6. The van der Waals surface area contributed by atoms with Gasteiger partial charge in [0.2, 0.25) is 0 Å². The van der Waals surface area contributed by atoms with Crippen molar-refractivity contribution in [1.29, 1.82) is 0 Å². The Hall–Kier alpha value is -3.12. The molecular weight excluding hydrogens is 380 g/mol. The number of nitrogens with one attached hydrogen (secondary N) is 1. The number of ether oxygens (including phenoxy) is 3.